The van der Waals surface area contributed by atoms with Gasteiger partial charge in [0, 0.05) is 0 Å². The zero-order valence-corrected chi connectivity index (χ0v) is 7.24. The summed E-state index contributed by atoms with van der Waals surface area (Å²) >= 11 is 0. The third kappa shape index (κ3) is 2.36. The first kappa shape index (κ1) is 12.6. The van der Waals surface area contributed by atoms with Gasteiger partial charge >= 0.3 is 18.4 Å². The minimum absolute atomic E-state index is 1.03. The Labute approximate surface area is 84.0 Å². The average molecular weight is 250 g/mol. The van der Waals surface area contributed by atoms with Gasteiger partial charge in [-0.15, -0.1) is 0 Å². The van der Waals surface area contributed by atoms with Crippen LogP contribution in [0.2, 0.25) is 0 Å². The summed E-state index contributed by atoms with van der Waals surface area (Å²) < 4.78 is 73.1. The lowest BCUT2D eigenvalue weighted by molar-refractivity contribution is -0.233. The van der Waals surface area contributed by atoms with Crippen LogP contribution < -0.4 is 10.6 Å². The molecule has 3 amide bonds. The van der Waals surface area contributed by atoms with E-state index in [1.165, 1.54) is 0 Å². The van der Waals surface area contributed by atoms with Crippen molar-refractivity contribution in [1.82, 2.24) is 10.6 Å². The Bertz CT molecular complexity index is 322. The first-order chi connectivity index (χ1) is 7.03. The maximum atomic E-state index is 12.2. The Morgan fingerprint density at radius 3 is 1.81 bits per heavy atom. The van der Waals surface area contributed by atoms with E-state index in [0.717, 1.165) is 10.6 Å². The van der Waals surface area contributed by atoms with Gasteiger partial charge in [-0.1, -0.05) is 0 Å². The van der Waals surface area contributed by atoms with Gasteiger partial charge in [0.05, 0.1) is 0 Å². The predicted molar refractivity (Wildman–Crippen MR) is 36.1 cm³/mol. The van der Waals surface area contributed by atoms with Crippen molar-refractivity contribution in [1.29, 1.82) is 0 Å². The Balaban J connectivity index is 3.09. The Hall–Kier alpha value is -1.48. The summed E-state index contributed by atoms with van der Waals surface area (Å²) in [6.07, 6.45) is -10.7. The van der Waals surface area contributed by atoms with Gasteiger partial charge in [-0.25, -0.2) is 4.79 Å². The lowest BCUT2D eigenvalue weighted by atomic mass is 9.96. The monoisotopic (exact) mass is 250 g/mol. The Kier molecular flexibility index (Phi) is 2.77. The van der Waals surface area contributed by atoms with Crippen LogP contribution in [-0.2, 0) is 4.79 Å². The second kappa shape index (κ2) is 3.52. The van der Waals surface area contributed by atoms with Gasteiger partial charge in [-0.05, 0) is 0 Å². The number of hydrogen-bond donors (Lipinski definition) is 2. The number of urea groups is 1. The summed E-state index contributed by atoms with van der Waals surface area (Å²) in [7, 11) is 0. The number of carbonyl (C=O) groups is 2. The summed E-state index contributed by atoms with van der Waals surface area (Å²) in [5.41, 5.74) is 0. The third-order valence-electron chi connectivity index (χ3n) is 1.84. The molecule has 1 saturated heterocycles. The molecule has 92 valence electrons. The highest BCUT2D eigenvalue weighted by Crippen LogP contribution is 2.37. The molecule has 2 N–H and O–H groups in total. The minimum Gasteiger partial charge on any atom is -0.325 e. The zero-order valence-electron chi connectivity index (χ0n) is 7.24. The maximum Gasteiger partial charge on any atom is 0.409 e. The fourth-order valence-electron chi connectivity index (χ4n) is 1.21. The maximum absolute atomic E-state index is 12.2. The van der Waals surface area contributed by atoms with Crippen LogP contribution >= 0.6 is 0 Å². The first-order valence-electron chi connectivity index (χ1n) is 3.78. The van der Waals surface area contributed by atoms with E-state index < -0.39 is 36.3 Å². The first-order valence-corrected chi connectivity index (χ1v) is 3.78. The Morgan fingerprint density at radius 2 is 1.44 bits per heavy atom. The van der Waals surface area contributed by atoms with E-state index in [0.29, 0.717) is 0 Å². The normalized spacial score (nSPS) is 27.4. The van der Waals surface area contributed by atoms with Gasteiger partial charge in [0.2, 0.25) is 5.91 Å². The highest BCUT2D eigenvalue weighted by Gasteiger charge is 2.61. The molecule has 0 aromatic rings. The molecule has 4 nitrogen and oxygen atoms in total. The Morgan fingerprint density at radius 1 is 0.938 bits per heavy atom. The van der Waals surface area contributed by atoms with Gasteiger partial charge in [-0.3, -0.25) is 10.1 Å². The number of halogens is 6. The van der Waals surface area contributed by atoms with Crippen molar-refractivity contribution in [2.75, 3.05) is 0 Å². The summed E-state index contributed by atoms with van der Waals surface area (Å²) in [6, 6.07) is -4.86. The molecule has 2 unspecified atom stereocenters. The fourth-order valence-corrected chi connectivity index (χ4v) is 1.21. The molecule has 0 saturated carbocycles. The smallest absolute Gasteiger partial charge is 0.325 e. The molecule has 0 aromatic heterocycles. The molecule has 1 heterocycles. The molecule has 2 atom stereocenters. The molecule has 10 heteroatoms. The summed E-state index contributed by atoms with van der Waals surface area (Å²) in [4.78, 5) is 21.2. The molecular formula is C6H4F6N2O2. The number of amides is 3. The van der Waals surface area contributed by atoms with Crippen molar-refractivity contribution in [2.45, 2.75) is 18.4 Å². The van der Waals surface area contributed by atoms with E-state index in [4.69, 9.17) is 0 Å². The van der Waals surface area contributed by atoms with Crippen molar-refractivity contribution < 1.29 is 35.9 Å². The summed E-state index contributed by atoms with van der Waals surface area (Å²) in [5.74, 6) is -5.34. The van der Waals surface area contributed by atoms with Crippen LogP contribution in [-0.4, -0.2) is 30.3 Å². The van der Waals surface area contributed by atoms with Crippen LogP contribution in [0.25, 0.3) is 0 Å². The molecule has 1 aliphatic heterocycles. The lowest BCUT2D eigenvalue weighted by Crippen LogP contribution is -2.66. The van der Waals surface area contributed by atoms with Crippen LogP contribution in [0, 0.1) is 5.92 Å². The van der Waals surface area contributed by atoms with Gasteiger partial charge in [0.25, 0.3) is 0 Å². The van der Waals surface area contributed by atoms with Gasteiger partial charge in [-0.2, -0.15) is 26.3 Å². The minimum atomic E-state index is -5.39. The van der Waals surface area contributed by atoms with Crippen LogP contribution in [0.5, 0.6) is 0 Å². The number of hydrogen-bond acceptors (Lipinski definition) is 2. The van der Waals surface area contributed by atoms with E-state index in [1.54, 1.807) is 0 Å². The van der Waals surface area contributed by atoms with E-state index in [2.05, 4.69) is 0 Å². The summed E-state index contributed by atoms with van der Waals surface area (Å²) in [6.45, 7) is 0. The molecule has 0 spiro atoms. The fraction of sp³-hybridized carbons (Fsp3) is 0.667. The van der Waals surface area contributed by atoms with Crippen molar-refractivity contribution in [3.05, 3.63) is 0 Å². The molecular weight excluding hydrogens is 246 g/mol. The van der Waals surface area contributed by atoms with Crippen molar-refractivity contribution >= 4 is 11.9 Å². The number of alkyl halides is 6. The van der Waals surface area contributed by atoms with E-state index in [-0.39, 0.29) is 0 Å². The second-order valence-corrected chi connectivity index (χ2v) is 3.00. The molecule has 1 rings (SSSR count). The number of imide groups is 1. The van der Waals surface area contributed by atoms with Crippen LogP contribution in [0.3, 0.4) is 0 Å². The van der Waals surface area contributed by atoms with Crippen molar-refractivity contribution in [2.24, 2.45) is 5.92 Å². The van der Waals surface area contributed by atoms with Crippen LogP contribution in [0.1, 0.15) is 0 Å². The van der Waals surface area contributed by atoms with Gasteiger partial charge in [0.1, 0.15) is 6.04 Å². The zero-order chi connectivity index (χ0) is 12.7. The molecule has 0 aliphatic carbocycles. The quantitative estimate of drug-likeness (QED) is 0.628. The predicted octanol–water partition coefficient (Wildman–Crippen LogP) is 0.935. The van der Waals surface area contributed by atoms with Crippen LogP contribution in [0.15, 0.2) is 0 Å². The number of rotatable bonds is 0. The van der Waals surface area contributed by atoms with Crippen LogP contribution in [0.4, 0.5) is 31.1 Å². The average Bonchev–Trinajstić information content (AvgIpc) is 1.97. The molecule has 1 aliphatic rings. The molecule has 1 fully saturated rings. The highest BCUT2D eigenvalue weighted by molar-refractivity contribution is 5.99. The topological polar surface area (TPSA) is 58.2 Å². The SMILES string of the molecule is O=C1NC(=O)C(C(F)(F)F)C(C(F)(F)F)N1. The number of nitrogens with one attached hydrogen (secondary N) is 2. The molecule has 0 radical (unpaired) electrons. The third-order valence-corrected chi connectivity index (χ3v) is 1.84. The molecule has 0 aromatic carbocycles. The molecule has 0 bridgehead atoms. The van der Waals surface area contributed by atoms with Gasteiger partial charge < -0.3 is 5.32 Å². The van der Waals surface area contributed by atoms with E-state index in [1.807, 2.05) is 0 Å². The highest BCUT2D eigenvalue weighted by atomic mass is 19.4. The second-order valence-electron chi connectivity index (χ2n) is 3.00. The van der Waals surface area contributed by atoms with E-state index in [9.17, 15) is 35.9 Å². The standard InChI is InChI=1S/C6H4F6N2O2/c7-5(8,9)1-2(6(10,11)12)13-4(16)14-3(1)15/h1-2H,(H2,13,14,15,16). The van der Waals surface area contributed by atoms with Crippen molar-refractivity contribution in [3.8, 4) is 0 Å². The largest absolute Gasteiger partial charge is 0.409 e. The summed E-state index contributed by atoms with van der Waals surface area (Å²) in [5, 5.41) is 2.16. The van der Waals surface area contributed by atoms with Gasteiger partial charge in [0.15, 0.2) is 5.92 Å². The van der Waals surface area contributed by atoms with E-state index >= 15 is 0 Å². The molecule has 16 heavy (non-hydrogen) atoms. The van der Waals surface area contributed by atoms with Crippen molar-refractivity contribution in [3.63, 3.8) is 0 Å². The number of carbonyl (C=O) groups excluding carboxylic acids is 2. The lowest BCUT2D eigenvalue weighted by Gasteiger charge is -2.33.